The Labute approximate surface area is 105 Å². The smallest absolute Gasteiger partial charge is 0.255 e. The molecule has 1 fully saturated rings. The SMILES string of the molecule is Nc1ccc2c(c1)C(=O)N(CC(=O)NC1CC1)C2. The van der Waals surface area contributed by atoms with Gasteiger partial charge in [-0.05, 0) is 30.5 Å². The molecule has 1 aromatic carbocycles. The molecule has 3 N–H and O–H groups in total. The molecule has 2 amide bonds. The Bertz CT molecular complexity index is 523. The number of rotatable bonds is 3. The number of hydrogen-bond donors (Lipinski definition) is 2. The van der Waals surface area contributed by atoms with Crippen LogP contribution in [0.1, 0.15) is 28.8 Å². The molecule has 5 nitrogen and oxygen atoms in total. The minimum absolute atomic E-state index is 0.0772. The number of anilines is 1. The Kier molecular flexibility index (Phi) is 2.47. The van der Waals surface area contributed by atoms with E-state index in [1.807, 2.05) is 6.07 Å². The van der Waals surface area contributed by atoms with Crippen molar-refractivity contribution in [3.05, 3.63) is 29.3 Å². The van der Waals surface area contributed by atoms with E-state index in [9.17, 15) is 9.59 Å². The Morgan fingerprint density at radius 3 is 2.94 bits per heavy atom. The van der Waals surface area contributed by atoms with Crippen LogP contribution in [0.4, 0.5) is 5.69 Å². The largest absolute Gasteiger partial charge is 0.399 e. The van der Waals surface area contributed by atoms with Crippen molar-refractivity contribution < 1.29 is 9.59 Å². The second-order valence-corrected chi connectivity index (χ2v) is 4.92. The number of nitrogens with one attached hydrogen (secondary N) is 1. The molecule has 5 heteroatoms. The minimum atomic E-state index is -0.108. The molecular weight excluding hydrogens is 230 g/mol. The number of fused-ring (bicyclic) bond motifs is 1. The van der Waals surface area contributed by atoms with Gasteiger partial charge in [-0.15, -0.1) is 0 Å². The first-order valence-electron chi connectivity index (χ1n) is 6.10. The molecule has 1 heterocycles. The summed E-state index contributed by atoms with van der Waals surface area (Å²) in [4.78, 5) is 25.3. The number of carbonyl (C=O) groups excluding carboxylic acids is 2. The van der Waals surface area contributed by atoms with Crippen molar-refractivity contribution in [2.75, 3.05) is 12.3 Å². The lowest BCUT2D eigenvalue weighted by atomic mass is 10.1. The Hall–Kier alpha value is -2.04. The highest BCUT2D eigenvalue weighted by molar-refractivity contribution is 6.00. The molecule has 0 spiro atoms. The van der Waals surface area contributed by atoms with Crippen LogP contribution in [-0.2, 0) is 11.3 Å². The summed E-state index contributed by atoms with van der Waals surface area (Å²) in [5, 5.41) is 2.88. The number of carbonyl (C=O) groups is 2. The Morgan fingerprint density at radius 2 is 2.22 bits per heavy atom. The van der Waals surface area contributed by atoms with E-state index in [-0.39, 0.29) is 18.4 Å². The van der Waals surface area contributed by atoms with Crippen LogP contribution >= 0.6 is 0 Å². The molecule has 1 saturated carbocycles. The van der Waals surface area contributed by atoms with Crippen LogP contribution in [0.5, 0.6) is 0 Å². The van der Waals surface area contributed by atoms with Gasteiger partial charge in [0.15, 0.2) is 0 Å². The molecule has 0 atom stereocenters. The third-order valence-electron chi connectivity index (χ3n) is 3.29. The minimum Gasteiger partial charge on any atom is -0.399 e. The average Bonchev–Trinajstić information content (AvgIpc) is 3.08. The molecule has 1 aliphatic carbocycles. The van der Waals surface area contributed by atoms with Crippen molar-refractivity contribution in [2.24, 2.45) is 0 Å². The van der Waals surface area contributed by atoms with Crippen LogP contribution in [0.25, 0.3) is 0 Å². The zero-order chi connectivity index (χ0) is 12.7. The van der Waals surface area contributed by atoms with Gasteiger partial charge in [-0.1, -0.05) is 6.07 Å². The highest BCUT2D eigenvalue weighted by Gasteiger charge is 2.30. The summed E-state index contributed by atoms with van der Waals surface area (Å²) in [6, 6.07) is 5.63. The van der Waals surface area contributed by atoms with Crippen LogP contribution in [-0.4, -0.2) is 29.3 Å². The summed E-state index contributed by atoms with van der Waals surface area (Å²) >= 11 is 0. The fraction of sp³-hybridized carbons (Fsp3) is 0.385. The van der Waals surface area contributed by atoms with E-state index in [0.717, 1.165) is 18.4 Å². The molecule has 94 valence electrons. The molecule has 0 aromatic heterocycles. The van der Waals surface area contributed by atoms with Gasteiger partial charge in [-0.25, -0.2) is 0 Å². The molecule has 0 unspecified atom stereocenters. The van der Waals surface area contributed by atoms with Crippen molar-refractivity contribution in [2.45, 2.75) is 25.4 Å². The molecule has 0 bridgehead atoms. The van der Waals surface area contributed by atoms with Gasteiger partial charge in [-0.3, -0.25) is 9.59 Å². The third-order valence-corrected chi connectivity index (χ3v) is 3.29. The van der Waals surface area contributed by atoms with Crippen molar-refractivity contribution in [1.82, 2.24) is 10.2 Å². The molecule has 3 rings (SSSR count). The maximum Gasteiger partial charge on any atom is 0.255 e. The first-order chi connectivity index (χ1) is 8.63. The van der Waals surface area contributed by atoms with Crippen molar-refractivity contribution >= 4 is 17.5 Å². The normalized spacial score (nSPS) is 17.8. The van der Waals surface area contributed by atoms with E-state index in [0.29, 0.717) is 23.8 Å². The zero-order valence-electron chi connectivity index (χ0n) is 9.98. The predicted molar refractivity (Wildman–Crippen MR) is 66.8 cm³/mol. The second-order valence-electron chi connectivity index (χ2n) is 4.92. The first-order valence-corrected chi connectivity index (χ1v) is 6.10. The number of nitrogens with zero attached hydrogens (tertiary/aromatic N) is 1. The lowest BCUT2D eigenvalue weighted by Gasteiger charge is -2.14. The fourth-order valence-electron chi connectivity index (χ4n) is 2.18. The standard InChI is InChI=1S/C13H15N3O2/c14-9-2-1-8-6-16(13(18)11(8)5-9)7-12(17)15-10-3-4-10/h1-2,5,10H,3-4,6-7,14H2,(H,15,17). The number of amides is 2. The number of nitrogens with two attached hydrogens (primary N) is 1. The summed E-state index contributed by atoms with van der Waals surface area (Å²) in [6.07, 6.45) is 2.10. The van der Waals surface area contributed by atoms with E-state index >= 15 is 0 Å². The summed E-state index contributed by atoms with van der Waals surface area (Å²) in [5.41, 5.74) is 7.80. The van der Waals surface area contributed by atoms with E-state index in [1.54, 1.807) is 17.0 Å². The molecule has 18 heavy (non-hydrogen) atoms. The van der Waals surface area contributed by atoms with Gasteiger partial charge in [0.05, 0.1) is 0 Å². The highest BCUT2D eigenvalue weighted by Crippen LogP contribution is 2.24. The zero-order valence-corrected chi connectivity index (χ0v) is 9.98. The fourth-order valence-corrected chi connectivity index (χ4v) is 2.18. The highest BCUT2D eigenvalue weighted by atomic mass is 16.2. The van der Waals surface area contributed by atoms with Gasteiger partial charge in [0.2, 0.25) is 5.91 Å². The molecule has 2 aliphatic rings. The summed E-state index contributed by atoms with van der Waals surface area (Å²) in [5.74, 6) is -0.185. The molecule has 1 aliphatic heterocycles. The summed E-state index contributed by atoms with van der Waals surface area (Å²) < 4.78 is 0. The molecule has 0 radical (unpaired) electrons. The summed E-state index contributed by atoms with van der Waals surface area (Å²) in [6.45, 7) is 0.621. The molecule has 0 saturated heterocycles. The van der Waals surface area contributed by atoms with Crippen LogP contribution in [0.2, 0.25) is 0 Å². The number of hydrogen-bond acceptors (Lipinski definition) is 3. The van der Waals surface area contributed by atoms with Gasteiger partial charge in [0, 0.05) is 23.8 Å². The quantitative estimate of drug-likeness (QED) is 0.761. The van der Waals surface area contributed by atoms with E-state index in [2.05, 4.69) is 5.32 Å². The van der Waals surface area contributed by atoms with Crippen LogP contribution < -0.4 is 11.1 Å². The van der Waals surface area contributed by atoms with Crippen LogP contribution in [0.3, 0.4) is 0 Å². The topological polar surface area (TPSA) is 75.4 Å². The lowest BCUT2D eigenvalue weighted by molar-refractivity contribution is -0.121. The van der Waals surface area contributed by atoms with E-state index in [4.69, 9.17) is 5.73 Å². The number of benzene rings is 1. The van der Waals surface area contributed by atoms with Crippen molar-refractivity contribution in [3.63, 3.8) is 0 Å². The number of nitrogen functional groups attached to an aromatic ring is 1. The van der Waals surface area contributed by atoms with Gasteiger partial charge >= 0.3 is 0 Å². The molecular formula is C13H15N3O2. The first kappa shape index (κ1) is 11.1. The third kappa shape index (κ3) is 2.03. The van der Waals surface area contributed by atoms with Gasteiger partial charge in [-0.2, -0.15) is 0 Å². The van der Waals surface area contributed by atoms with E-state index < -0.39 is 0 Å². The van der Waals surface area contributed by atoms with E-state index in [1.165, 1.54) is 0 Å². The van der Waals surface area contributed by atoms with Crippen LogP contribution in [0, 0.1) is 0 Å². The Balaban J connectivity index is 1.69. The Morgan fingerprint density at radius 1 is 1.44 bits per heavy atom. The predicted octanol–water partition coefficient (Wildman–Crippen LogP) is 0.503. The van der Waals surface area contributed by atoms with Gasteiger partial charge in [0.25, 0.3) is 5.91 Å². The monoisotopic (exact) mass is 245 g/mol. The maximum atomic E-state index is 12.1. The van der Waals surface area contributed by atoms with Gasteiger partial charge in [0.1, 0.15) is 6.54 Å². The average molecular weight is 245 g/mol. The lowest BCUT2D eigenvalue weighted by Crippen LogP contribution is -2.38. The van der Waals surface area contributed by atoms with Gasteiger partial charge < -0.3 is 16.0 Å². The second kappa shape index (κ2) is 4.01. The van der Waals surface area contributed by atoms with Crippen molar-refractivity contribution in [1.29, 1.82) is 0 Å². The van der Waals surface area contributed by atoms with Crippen LogP contribution in [0.15, 0.2) is 18.2 Å². The molecule has 1 aromatic rings. The summed E-state index contributed by atoms with van der Waals surface area (Å²) in [7, 11) is 0. The van der Waals surface area contributed by atoms with Crippen molar-refractivity contribution in [3.8, 4) is 0 Å². The maximum absolute atomic E-state index is 12.1.